The Morgan fingerprint density at radius 3 is 2.07 bits per heavy atom. The standard InChI is InChI=1S/C20H28N2O7/c1-12(18(23)22-20(25)21-14-8-6-5-7-9-14)29-19(24)13-10-15(26-2)17(28-4)16(11-13)27-3/h10-12,14H,5-9H2,1-4H3,(H2,21,22,23,25)/t12-/m0/s1. The van der Waals surface area contributed by atoms with E-state index in [1.165, 1.54) is 40.4 Å². The highest BCUT2D eigenvalue weighted by molar-refractivity contribution is 5.98. The predicted octanol–water partition coefficient (Wildman–Crippen LogP) is 2.42. The average Bonchev–Trinajstić information content (AvgIpc) is 2.72. The number of rotatable bonds is 7. The summed E-state index contributed by atoms with van der Waals surface area (Å²) in [6.45, 7) is 1.39. The largest absolute Gasteiger partial charge is 0.493 e. The molecule has 160 valence electrons. The monoisotopic (exact) mass is 408 g/mol. The summed E-state index contributed by atoms with van der Waals surface area (Å²) in [6, 6.07) is 2.32. The molecule has 1 aliphatic carbocycles. The molecule has 0 bridgehead atoms. The Bertz CT molecular complexity index is 719. The SMILES string of the molecule is COc1cc(C(=O)O[C@@H](C)C(=O)NC(=O)NC2CCCCC2)cc(OC)c1OC. The molecule has 1 atom stereocenters. The molecule has 1 aliphatic rings. The lowest BCUT2D eigenvalue weighted by Gasteiger charge is -2.23. The molecule has 0 heterocycles. The zero-order valence-corrected chi connectivity index (χ0v) is 17.2. The maximum atomic E-state index is 12.4. The fourth-order valence-corrected chi connectivity index (χ4v) is 3.16. The van der Waals surface area contributed by atoms with Gasteiger partial charge in [-0.3, -0.25) is 10.1 Å². The van der Waals surface area contributed by atoms with Crippen LogP contribution >= 0.6 is 0 Å². The minimum absolute atomic E-state index is 0.0636. The van der Waals surface area contributed by atoms with Crippen molar-refractivity contribution in [1.29, 1.82) is 0 Å². The van der Waals surface area contributed by atoms with Gasteiger partial charge in [0.1, 0.15) is 0 Å². The van der Waals surface area contributed by atoms with E-state index in [0.717, 1.165) is 32.1 Å². The summed E-state index contributed by atoms with van der Waals surface area (Å²) in [5, 5.41) is 4.99. The van der Waals surface area contributed by atoms with Crippen molar-refractivity contribution in [2.75, 3.05) is 21.3 Å². The third-order valence-corrected chi connectivity index (χ3v) is 4.73. The van der Waals surface area contributed by atoms with E-state index in [4.69, 9.17) is 18.9 Å². The van der Waals surface area contributed by atoms with Crippen LogP contribution in [0, 0.1) is 0 Å². The van der Waals surface area contributed by atoms with Crippen LogP contribution in [0.15, 0.2) is 12.1 Å². The fraction of sp³-hybridized carbons (Fsp3) is 0.550. The number of carbonyl (C=O) groups excluding carboxylic acids is 3. The molecule has 1 aromatic carbocycles. The lowest BCUT2D eigenvalue weighted by molar-refractivity contribution is -0.127. The maximum Gasteiger partial charge on any atom is 0.339 e. The molecule has 0 aliphatic heterocycles. The van der Waals surface area contributed by atoms with E-state index < -0.39 is 24.0 Å². The number of nitrogens with one attached hydrogen (secondary N) is 2. The number of hydrogen-bond acceptors (Lipinski definition) is 7. The maximum absolute atomic E-state index is 12.4. The second kappa shape index (κ2) is 10.5. The lowest BCUT2D eigenvalue weighted by atomic mass is 9.96. The smallest absolute Gasteiger partial charge is 0.339 e. The van der Waals surface area contributed by atoms with Crippen LogP contribution in [-0.2, 0) is 9.53 Å². The predicted molar refractivity (Wildman–Crippen MR) is 105 cm³/mol. The van der Waals surface area contributed by atoms with Gasteiger partial charge in [-0.1, -0.05) is 19.3 Å². The van der Waals surface area contributed by atoms with Crippen LogP contribution in [0.4, 0.5) is 4.79 Å². The van der Waals surface area contributed by atoms with Crippen molar-refractivity contribution in [2.45, 2.75) is 51.2 Å². The molecule has 3 amide bonds. The van der Waals surface area contributed by atoms with Gasteiger partial charge in [0.2, 0.25) is 5.75 Å². The molecule has 1 fully saturated rings. The third kappa shape index (κ3) is 6.00. The van der Waals surface area contributed by atoms with Gasteiger partial charge in [0, 0.05) is 6.04 Å². The first-order chi connectivity index (χ1) is 13.9. The van der Waals surface area contributed by atoms with E-state index in [1.54, 1.807) is 0 Å². The third-order valence-electron chi connectivity index (χ3n) is 4.73. The molecular weight excluding hydrogens is 380 g/mol. The van der Waals surface area contributed by atoms with E-state index in [-0.39, 0.29) is 23.1 Å². The van der Waals surface area contributed by atoms with Crippen molar-refractivity contribution < 1.29 is 33.3 Å². The first kappa shape index (κ1) is 22.3. The highest BCUT2D eigenvalue weighted by Crippen LogP contribution is 2.38. The molecular formula is C20H28N2O7. The van der Waals surface area contributed by atoms with Crippen LogP contribution < -0.4 is 24.8 Å². The number of benzene rings is 1. The second-order valence-electron chi connectivity index (χ2n) is 6.76. The number of hydrogen-bond donors (Lipinski definition) is 2. The molecule has 2 rings (SSSR count). The van der Waals surface area contributed by atoms with Crippen LogP contribution in [0.5, 0.6) is 17.2 Å². The Kier molecular flexibility index (Phi) is 8.11. The lowest BCUT2D eigenvalue weighted by Crippen LogP contribution is -2.48. The van der Waals surface area contributed by atoms with Gasteiger partial charge in [-0.25, -0.2) is 9.59 Å². The summed E-state index contributed by atoms with van der Waals surface area (Å²) in [7, 11) is 4.30. The Balaban J connectivity index is 1.96. The molecule has 0 radical (unpaired) electrons. The Hall–Kier alpha value is -2.97. The van der Waals surface area contributed by atoms with Crippen molar-refractivity contribution in [1.82, 2.24) is 10.6 Å². The second-order valence-corrected chi connectivity index (χ2v) is 6.76. The first-order valence-electron chi connectivity index (χ1n) is 9.52. The first-order valence-corrected chi connectivity index (χ1v) is 9.52. The molecule has 9 heteroatoms. The zero-order valence-electron chi connectivity index (χ0n) is 17.2. The van der Waals surface area contributed by atoms with Crippen LogP contribution in [0.2, 0.25) is 0 Å². The molecule has 0 unspecified atom stereocenters. The van der Waals surface area contributed by atoms with Gasteiger partial charge in [-0.05, 0) is 31.9 Å². The normalized spacial score (nSPS) is 15.0. The zero-order chi connectivity index (χ0) is 21.4. The molecule has 1 saturated carbocycles. The summed E-state index contributed by atoms with van der Waals surface area (Å²) in [5.41, 5.74) is 0.116. The number of ether oxygens (including phenoxy) is 4. The highest BCUT2D eigenvalue weighted by atomic mass is 16.6. The molecule has 2 N–H and O–H groups in total. The van der Waals surface area contributed by atoms with Crippen molar-refractivity contribution in [2.24, 2.45) is 0 Å². The molecule has 0 saturated heterocycles. The van der Waals surface area contributed by atoms with E-state index in [0.29, 0.717) is 5.75 Å². The highest BCUT2D eigenvalue weighted by Gasteiger charge is 2.24. The van der Waals surface area contributed by atoms with E-state index in [2.05, 4.69) is 10.6 Å². The van der Waals surface area contributed by atoms with Crippen LogP contribution in [-0.4, -0.2) is 51.4 Å². The molecule has 29 heavy (non-hydrogen) atoms. The van der Waals surface area contributed by atoms with E-state index in [1.807, 2.05) is 0 Å². The van der Waals surface area contributed by atoms with Crippen molar-refractivity contribution in [3.63, 3.8) is 0 Å². The van der Waals surface area contributed by atoms with Gasteiger partial charge in [-0.15, -0.1) is 0 Å². The van der Waals surface area contributed by atoms with Gasteiger partial charge in [0.15, 0.2) is 17.6 Å². The number of amides is 3. The molecule has 0 aromatic heterocycles. The Morgan fingerprint density at radius 2 is 1.55 bits per heavy atom. The van der Waals surface area contributed by atoms with Crippen LogP contribution in [0.3, 0.4) is 0 Å². The van der Waals surface area contributed by atoms with Crippen molar-refractivity contribution in [3.05, 3.63) is 17.7 Å². The Labute approximate surface area is 170 Å². The number of imide groups is 1. The number of urea groups is 1. The minimum atomic E-state index is -1.17. The molecule has 1 aromatic rings. The van der Waals surface area contributed by atoms with Gasteiger partial charge >= 0.3 is 12.0 Å². The van der Waals surface area contributed by atoms with Crippen molar-refractivity contribution in [3.8, 4) is 17.2 Å². The van der Waals surface area contributed by atoms with E-state index >= 15 is 0 Å². The van der Waals surface area contributed by atoms with Crippen LogP contribution in [0.25, 0.3) is 0 Å². The number of carbonyl (C=O) groups is 3. The van der Waals surface area contributed by atoms with E-state index in [9.17, 15) is 14.4 Å². The Morgan fingerprint density at radius 1 is 0.966 bits per heavy atom. The van der Waals surface area contributed by atoms with Gasteiger partial charge < -0.3 is 24.3 Å². The molecule has 9 nitrogen and oxygen atoms in total. The van der Waals surface area contributed by atoms with Gasteiger partial charge in [-0.2, -0.15) is 0 Å². The number of esters is 1. The van der Waals surface area contributed by atoms with Crippen molar-refractivity contribution >= 4 is 17.9 Å². The average molecular weight is 408 g/mol. The topological polar surface area (TPSA) is 112 Å². The fourth-order valence-electron chi connectivity index (χ4n) is 3.16. The summed E-state index contributed by atoms with van der Waals surface area (Å²) in [4.78, 5) is 36.6. The quantitative estimate of drug-likeness (QED) is 0.666. The summed E-state index contributed by atoms with van der Waals surface area (Å²) in [5.74, 6) is -0.582. The summed E-state index contributed by atoms with van der Waals surface area (Å²) < 4.78 is 20.8. The van der Waals surface area contributed by atoms with Gasteiger partial charge in [0.05, 0.1) is 26.9 Å². The summed E-state index contributed by atoms with van der Waals surface area (Å²) >= 11 is 0. The minimum Gasteiger partial charge on any atom is -0.493 e. The van der Waals surface area contributed by atoms with Crippen LogP contribution in [0.1, 0.15) is 49.4 Å². The number of methoxy groups -OCH3 is 3. The summed E-state index contributed by atoms with van der Waals surface area (Å²) in [6.07, 6.45) is 3.90. The molecule has 0 spiro atoms. The van der Waals surface area contributed by atoms with Gasteiger partial charge in [0.25, 0.3) is 5.91 Å².